The van der Waals surface area contributed by atoms with Crippen molar-refractivity contribution in [3.63, 3.8) is 0 Å². The number of aliphatic hydroxyl groups excluding tert-OH is 3. The highest BCUT2D eigenvalue weighted by atomic mass is 16.3. The van der Waals surface area contributed by atoms with Crippen LogP contribution in [0.1, 0.15) is 24.5 Å². The van der Waals surface area contributed by atoms with Gasteiger partial charge >= 0.3 is 0 Å². The van der Waals surface area contributed by atoms with Crippen molar-refractivity contribution in [1.82, 2.24) is 0 Å². The van der Waals surface area contributed by atoms with E-state index in [1.165, 1.54) is 0 Å². The fourth-order valence-electron chi connectivity index (χ4n) is 2.36. The Kier molecular flexibility index (Phi) is 4.76. The van der Waals surface area contributed by atoms with Crippen molar-refractivity contribution in [2.75, 3.05) is 24.5 Å². The van der Waals surface area contributed by atoms with E-state index in [0.717, 1.165) is 31.6 Å². The van der Waals surface area contributed by atoms with Crippen molar-refractivity contribution >= 4 is 5.69 Å². The summed E-state index contributed by atoms with van der Waals surface area (Å²) in [5, 5.41) is 28.8. The fourth-order valence-corrected chi connectivity index (χ4v) is 2.36. The zero-order chi connectivity index (χ0) is 13.8. The van der Waals surface area contributed by atoms with Gasteiger partial charge in [-0.3, -0.25) is 0 Å². The van der Waals surface area contributed by atoms with E-state index in [9.17, 15) is 15.3 Å². The lowest BCUT2D eigenvalue weighted by atomic mass is 10.0. The van der Waals surface area contributed by atoms with Crippen LogP contribution in [0.5, 0.6) is 0 Å². The normalized spacial score (nSPS) is 20.3. The Bertz CT molecular complexity index is 388. The molecule has 0 bridgehead atoms. The van der Waals surface area contributed by atoms with E-state index < -0.39 is 12.2 Å². The standard InChI is InChI=1S/C14H22N2O3/c15-9-13(18)14(19)10-1-3-11(4-2-10)16-7-5-12(17)6-8-16/h1-4,12-14,17-19H,5-9,15H2. The molecule has 5 nitrogen and oxygen atoms in total. The highest BCUT2D eigenvalue weighted by Gasteiger charge is 2.19. The summed E-state index contributed by atoms with van der Waals surface area (Å²) in [5.41, 5.74) is 7.07. The zero-order valence-corrected chi connectivity index (χ0v) is 10.9. The molecule has 2 unspecified atom stereocenters. The second-order valence-corrected chi connectivity index (χ2v) is 5.06. The monoisotopic (exact) mass is 266 g/mol. The van der Waals surface area contributed by atoms with Crippen LogP contribution in [0.4, 0.5) is 5.69 Å². The summed E-state index contributed by atoms with van der Waals surface area (Å²) in [4.78, 5) is 2.21. The Hall–Kier alpha value is -1.14. The molecule has 0 amide bonds. The smallest absolute Gasteiger partial charge is 0.106 e. The highest BCUT2D eigenvalue weighted by molar-refractivity contribution is 5.48. The minimum Gasteiger partial charge on any atom is -0.393 e. The molecule has 0 radical (unpaired) electrons. The van der Waals surface area contributed by atoms with Crippen LogP contribution in [0.15, 0.2) is 24.3 Å². The first kappa shape index (κ1) is 14.3. The van der Waals surface area contributed by atoms with Crippen molar-refractivity contribution in [3.8, 4) is 0 Å². The summed E-state index contributed by atoms with van der Waals surface area (Å²) in [5.74, 6) is 0. The van der Waals surface area contributed by atoms with Crippen molar-refractivity contribution < 1.29 is 15.3 Å². The Morgan fingerprint density at radius 1 is 1.16 bits per heavy atom. The van der Waals surface area contributed by atoms with Gasteiger partial charge in [0.15, 0.2) is 0 Å². The fraction of sp³-hybridized carbons (Fsp3) is 0.571. The summed E-state index contributed by atoms with van der Waals surface area (Å²) < 4.78 is 0. The first-order valence-corrected chi connectivity index (χ1v) is 6.71. The van der Waals surface area contributed by atoms with Crippen LogP contribution in [0, 0.1) is 0 Å². The van der Waals surface area contributed by atoms with Crippen LogP contribution in [0.3, 0.4) is 0 Å². The van der Waals surface area contributed by atoms with Crippen LogP contribution in [-0.2, 0) is 0 Å². The highest BCUT2D eigenvalue weighted by Crippen LogP contribution is 2.23. The van der Waals surface area contributed by atoms with Crippen LogP contribution in [0.25, 0.3) is 0 Å². The molecule has 2 rings (SSSR count). The zero-order valence-electron chi connectivity index (χ0n) is 10.9. The maximum absolute atomic E-state index is 9.85. The van der Waals surface area contributed by atoms with Crippen molar-refractivity contribution in [1.29, 1.82) is 0 Å². The largest absolute Gasteiger partial charge is 0.393 e. The molecular formula is C14H22N2O3. The minimum atomic E-state index is -0.942. The number of nitrogens with two attached hydrogens (primary N) is 1. The topological polar surface area (TPSA) is 90.0 Å². The molecule has 0 aromatic heterocycles. The van der Waals surface area contributed by atoms with Crippen molar-refractivity contribution in [2.45, 2.75) is 31.2 Å². The van der Waals surface area contributed by atoms with Crippen LogP contribution >= 0.6 is 0 Å². The first-order chi connectivity index (χ1) is 9.11. The van der Waals surface area contributed by atoms with E-state index >= 15 is 0 Å². The minimum absolute atomic E-state index is 0.0347. The van der Waals surface area contributed by atoms with Crippen LogP contribution in [0.2, 0.25) is 0 Å². The Morgan fingerprint density at radius 3 is 2.26 bits per heavy atom. The third-order valence-electron chi connectivity index (χ3n) is 3.67. The van der Waals surface area contributed by atoms with Gasteiger partial charge in [0.2, 0.25) is 0 Å². The van der Waals surface area contributed by atoms with E-state index in [1.54, 1.807) is 0 Å². The number of nitrogens with zero attached hydrogens (tertiary/aromatic N) is 1. The molecule has 1 aromatic rings. The maximum Gasteiger partial charge on any atom is 0.106 e. The van der Waals surface area contributed by atoms with E-state index in [2.05, 4.69) is 4.90 Å². The Balaban J connectivity index is 2.02. The lowest BCUT2D eigenvalue weighted by Gasteiger charge is -2.31. The summed E-state index contributed by atoms with van der Waals surface area (Å²) in [6, 6.07) is 7.48. The van der Waals surface area contributed by atoms with E-state index in [4.69, 9.17) is 5.73 Å². The van der Waals surface area contributed by atoms with Crippen LogP contribution in [-0.4, -0.2) is 47.2 Å². The summed E-state index contributed by atoms with van der Waals surface area (Å²) in [6.07, 6.45) is -0.484. The molecule has 1 heterocycles. The number of anilines is 1. The summed E-state index contributed by atoms with van der Waals surface area (Å²) in [7, 11) is 0. The van der Waals surface area contributed by atoms with Crippen LogP contribution < -0.4 is 10.6 Å². The number of hydrogen-bond donors (Lipinski definition) is 4. The number of aliphatic hydroxyl groups is 3. The molecule has 0 aliphatic carbocycles. The van der Waals surface area contributed by atoms with Crippen molar-refractivity contribution in [2.24, 2.45) is 5.73 Å². The molecule has 1 fully saturated rings. The molecule has 5 heteroatoms. The third-order valence-corrected chi connectivity index (χ3v) is 3.67. The average molecular weight is 266 g/mol. The molecule has 1 saturated heterocycles. The van der Waals surface area contributed by atoms with Gasteiger partial charge in [0.05, 0.1) is 12.2 Å². The molecule has 1 aromatic carbocycles. The Labute approximate surface area is 113 Å². The first-order valence-electron chi connectivity index (χ1n) is 6.71. The third kappa shape index (κ3) is 3.45. The number of rotatable bonds is 4. The summed E-state index contributed by atoms with van der Waals surface area (Å²) in [6.45, 7) is 1.72. The van der Waals surface area contributed by atoms with E-state index in [0.29, 0.717) is 5.56 Å². The predicted molar refractivity (Wildman–Crippen MR) is 73.9 cm³/mol. The van der Waals surface area contributed by atoms with Gasteiger partial charge in [0.25, 0.3) is 0 Å². The van der Waals surface area contributed by atoms with Gasteiger partial charge in [-0.15, -0.1) is 0 Å². The second kappa shape index (κ2) is 6.34. The number of benzene rings is 1. The lowest BCUT2D eigenvalue weighted by molar-refractivity contribution is 0.0243. The molecule has 2 atom stereocenters. The summed E-state index contributed by atoms with van der Waals surface area (Å²) >= 11 is 0. The average Bonchev–Trinajstić information content (AvgIpc) is 2.46. The number of hydrogen-bond acceptors (Lipinski definition) is 5. The predicted octanol–water partition coefficient (Wildman–Crippen LogP) is 0.000700. The molecule has 5 N–H and O–H groups in total. The van der Waals surface area contributed by atoms with Gasteiger partial charge in [0, 0.05) is 25.3 Å². The van der Waals surface area contributed by atoms with E-state index in [1.807, 2.05) is 24.3 Å². The molecule has 0 saturated carbocycles. The molecule has 1 aliphatic heterocycles. The maximum atomic E-state index is 9.85. The van der Waals surface area contributed by atoms with Gasteiger partial charge in [-0.05, 0) is 30.5 Å². The molecule has 106 valence electrons. The molecular weight excluding hydrogens is 244 g/mol. The molecule has 1 aliphatic rings. The molecule has 19 heavy (non-hydrogen) atoms. The van der Waals surface area contributed by atoms with Gasteiger partial charge in [-0.1, -0.05) is 12.1 Å². The van der Waals surface area contributed by atoms with Gasteiger partial charge in [-0.25, -0.2) is 0 Å². The number of piperidine rings is 1. The second-order valence-electron chi connectivity index (χ2n) is 5.06. The van der Waals surface area contributed by atoms with Crippen molar-refractivity contribution in [3.05, 3.63) is 29.8 Å². The van der Waals surface area contributed by atoms with Gasteiger partial charge < -0.3 is 26.0 Å². The quantitative estimate of drug-likeness (QED) is 0.616. The lowest BCUT2D eigenvalue weighted by Crippen LogP contribution is -2.35. The van der Waals surface area contributed by atoms with Gasteiger partial charge in [-0.2, -0.15) is 0 Å². The SMILES string of the molecule is NCC(O)C(O)c1ccc(N2CCC(O)CC2)cc1. The van der Waals surface area contributed by atoms with Gasteiger partial charge in [0.1, 0.15) is 6.10 Å². The van der Waals surface area contributed by atoms with E-state index in [-0.39, 0.29) is 12.6 Å². The Morgan fingerprint density at radius 2 is 1.74 bits per heavy atom. The molecule has 0 spiro atoms.